The van der Waals surface area contributed by atoms with Crippen LogP contribution in [0.15, 0.2) is 77.7 Å². The second kappa shape index (κ2) is 8.93. The Hall–Kier alpha value is -4.27. The van der Waals surface area contributed by atoms with Crippen molar-refractivity contribution in [2.24, 2.45) is 0 Å². The van der Waals surface area contributed by atoms with Crippen molar-refractivity contribution < 1.29 is 32.2 Å². The first-order chi connectivity index (χ1) is 16.2. The molecular weight excluding hydrogens is 451 g/mol. The van der Waals surface area contributed by atoms with Crippen molar-refractivity contribution in [3.63, 3.8) is 0 Å². The van der Waals surface area contributed by atoms with E-state index in [4.69, 9.17) is 14.2 Å². The van der Waals surface area contributed by atoms with Gasteiger partial charge in [0.05, 0.1) is 30.7 Å². The van der Waals surface area contributed by atoms with Crippen LogP contribution in [0.5, 0.6) is 17.2 Å². The fourth-order valence-electron chi connectivity index (χ4n) is 3.41. The summed E-state index contributed by atoms with van der Waals surface area (Å²) in [6.45, 7) is 0. The molecule has 0 bridgehead atoms. The van der Waals surface area contributed by atoms with Gasteiger partial charge >= 0.3 is 12.1 Å². The number of methoxy groups -OCH3 is 2. The highest BCUT2D eigenvalue weighted by atomic mass is 19.4. The van der Waals surface area contributed by atoms with Gasteiger partial charge in [-0.3, -0.25) is 9.36 Å². The van der Waals surface area contributed by atoms with Crippen molar-refractivity contribution >= 4 is 16.7 Å². The fourth-order valence-corrected chi connectivity index (χ4v) is 3.41. The number of nitrogens with zero attached hydrogens (tertiary/aromatic N) is 1. The third-order valence-corrected chi connectivity index (χ3v) is 5.18. The maximum atomic E-state index is 13.4. The second-order valence-corrected chi connectivity index (χ2v) is 7.24. The van der Waals surface area contributed by atoms with E-state index in [1.54, 1.807) is 42.6 Å². The molecule has 0 radical (unpaired) electrons. The Morgan fingerprint density at radius 3 is 2.09 bits per heavy atom. The van der Waals surface area contributed by atoms with E-state index >= 15 is 0 Å². The van der Waals surface area contributed by atoms with Crippen molar-refractivity contribution in [3.05, 3.63) is 94.4 Å². The van der Waals surface area contributed by atoms with Crippen LogP contribution in [0, 0.1) is 0 Å². The van der Waals surface area contributed by atoms with Gasteiger partial charge in [-0.15, -0.1) is 0 Å². The van der Waals surface area contributed by atoms with E-state index in [0.29, 0.717) is 22.6 Å². The maximum Gasteiger partial charge on any atom is 0.416 e. The molecule has 0 unspecified atom stereocenters. The number of aromatic nitrogens is 1. The number of alkyl halides is 3. The zero-order chi connectivity index (χ0) is 24.5. The lowest BCUT2D eigenvalue weighted by atomic mass is 10.1. The van der Waals surface area contributed by atoms with Crippen LogP contribution in [0.2, 0.25) is 0 Å². The Kier molecular flexibility index (Phi) is 6.02. The number of pyridine rings is 1. The van der Waals surface area contributed by atoms with Gasteiger partial charge in [0.25, 0.3) is 5.56 Å². The Morgan fingerprint density at radius 1 is 0.853 bits per heavy atom. The van der Waals surface area contributed by atoms with Gasteiger partial charge in [0.2, 0.25) is 0 Å². The molecule has 174 valence electrons. The number of benzene rings is 3. The van der Waals surface area contributed by atoms with Crippen LogP contribution < -0.4 is 19.8 Å². The number of esters is 1. The molecule has 0 N–H and O–H groups in total. The van der Waals surface area contributed by atoms with Gasteiger partial charge in [-0.25, -0.2) is 4.79 Å². The molecule has 0 aliphatic carbocycles. The maximum absolute atomic E-state index is 13.4. The SMILES string of the molecule is COc1ccc(-n2ccc3cc(OC)cc(OC(=O)c4ccc(C(F)(F)F)cc4)c3c2=O)cc1. The first-order valence-electron chi connectivity index (χ1n) is 9.98. The van der Waals surface area contributed by atoms with Gasteiger partial charge < -0.3 is 14.2 Å². The summed E-state index contributed by atoms with van der Waals surface area (Å²) in [6.07, 6.45) is -2.95. The first kappa shape index (κ1) is 22.9. The molecule has 4 aromatic rings. The smallest absolute Gasteiger partial charge is 0.416 e. The number of hydrogen-bond acceptors (Lipinski definition) is 5. The lowest BCUT2D eigenvalue weighted by Crippen LogP contribution is -2.19. The Bertz CT molecular complexity index is 1410. The number of rotatable bonds is 5. The van der Waals surface area contributed by atoms with E-state index in [9.17, 15) is 22.8 Å². The molecule has 0 aliphatic heterocycles. The monoisotopic (exact) mass is 469 g/mol. The van der Waals surface area contributed by atoms with Crippen LogP contribution >= 0.6 is 0 Å². The third-order valence-electron chi connectivity index (χ3n) is 5.18. The Balaban J connectivity index is 1.77. The number of carbonyl (C=O) groups is 1. The fraction of sp³-hybridized carbons (Fsp3) is 0.120. The predicted octanol–water partition coefficient (Wildman–Crippen LogP) is 5.25. The first-order valence-corrected chi connectivity index (χ1v) is 9.98. The Morgan fingerprint density at radius 2 is 1.50 bits per heavy atom. The highest BCUT2D eigenvalue weighted by molar-refractivity contribution is 5.96. The predicted molar refractivity (Wildman–Crippen MR) is 119 cm³/mol. The van der Waals surface area contributed by atoms with Gasteiger partial charge in [0.15, 0.2) is 0 Å². The van der Waals surface area contributed by atoms with E-state index < -0.39 is 23.3 Å². The van der Waals surface area contributed by atoms with E-state index in [2.05, 4.69) is 0 Å². The minimum absolute atomic E-state index is 0.0768. The van der Waals surface area contributed by atoms with E-state index in [0.717, 1.165) is 24.3 Å². The molecule has 1 aromatic heterocycles. The average Bonchev–Trinajstić information content (AvgIpc) is 2.83. The van der Waals surface area contributed by atoms with Crippen molar-refractivity contribution in [3.8, 4) is 22.9 Å². The van der Waals surface area contributed by atoms with Gasteiger partial charge in [0.1, 0.15) is 17.2 Å². The zero-order valence-electron chi connectivity index (χ0n) is 18.1. The van der Waals surface area contributed by atoms with Crippen molar-refractivity contribution in [2.45, 2.75) is 6.18 Å². The molecule has 6 nitrogen and oxygen atoms in total. The summed E-state index contributed by atoms with van der Waals surface area (Å²) < 4.78 is 55.7. The molecule has 0 spiro atoms. The molecule has 9 heteroatoms. The molecule has 0 fully saturated rings. The minimum Gasteiger partial charge on any atom is -0.497 e. The summed E-state index contributed by atoms with van der Waals surface area (Å²) >= 11 is 0. The zero-order valence-corrected chi connectivity index (χ0v) is 18.1. The summed E-state index contributed by atoms with van der Waals surface area (Å²) in [4.78, 5) is 26.0. The second-order valence-electron chi connectivity index (χ2n) is 7.24. The topological polar surface area (TPSA) is 66.8 Å². The lowest BCUT2D eigenvalue weighted by Gasteiger charge is -2.13. The van der Waals surface area contributed by atoms with Gasteiger partial charge in [0, 0.05) is 18.0 Å². The Labute approximate surface area is 191 Å². The van der Waals surface area contributed by atoms with E-state index in [-0.39, 0.29) is 16.7 Å². The molecule has 4 rings (SSSR count). The van der Waals surface area contributed by atoms with Crippen LogP contribution in [0.4, 0.5) is 13.2 Å². The van der Waals surface area contributed by atoms with Gasteiger partial charge in [-0.05, 0) is 66.0 Å². The van der Waals surface area contributed by atoms with Crippen LogP contribution in [-0.4, -0.2) is 24.8 Å². The van der Waals surface area contributed by atoms with Crippen molar-refractivity contribution in [1.82, 2.24) is 4.57 Å². The summed E-state index contributed by atoms with van der Waals surface area (Å²) in [5.41, 5.74) is -0.891. The van der Waals surface area contributed by atoms with E-state index in [1.807, 2.05) is 0 Å². The number of fused-ring (bicyclic) bond motifs is 1. The molecule has 0 aliphatic rings. The molecule has 0 saturated carbocycles. The quantitative estimate of drug-likeness (QED) is 0.295. The summed E-state index contributed by atoms with van der Waals surface area (Å²) in [5, 5.41) is 0.573. The van der Waals surface area contributed by atoms with Gasteiger partial charge in [-0.1, -0.05) is 0 Å². The molecule has 0 amide bonds. The highest BCUT2D eigenvalue weighted by Crippen LogP contribution is 2.31. The third kappa shape index (κ3) is 4.45. The summed E-state index contributed by atoms with van der Waals surface area (Å²) in [6, 6.07) is 15.1. The van der Waals surface area contributed by atoms with Gasteiger partial charge in [-0.2, -0.15) is 13.2 Å². The minimum atomic E-state index is -4.53. The van der Waals surface area contributed by atoms with Crippen LogP contribution in [-0.2, 0) is 6.18 Å². The molecule has 3 aromatic carbocycles. The number of carbonyl (C=O) groups excluding carboxylic acids is 1. The standard InChI is InChI=1S/C25H18F3NO5/c1-32-19-9-7-18(8-10-19)29-12-11-16-13-20(33-2)14-21(22(16)23(29)30)34-24(31)15-3-5-17(6-4-15)25(26,27)28/h3-14H,1-2H3. The molecule has 34 heavy (non-hydrogen) atoms. The highest BCUT2D eigenvalue weighted by Gasteiger charge is 2.30. The molecule has 0 atom stereocenters. The average molecular weight is 469 g/mol. The molecule has 0 saturated heterocycles. The van der Waals surface area contributed by atoms with Crippen LogP contribution in [0.3, 0.4) is 0 Å². The lowest BCUT2D eigenvalue weighted by molar-refractivity contribution is -0.137. The number of halogens is 3. The normalized spacial score (nSPS) is 11.3. The molecule has 1 heterocycles. The van der Waals surface area contributed by atoms with Crippen molar-refractivity contribution in [1.29, 1.82) is 0 Å². The molecular formula is C25H18F3NO5. The van der Waals surface area contributed by atoms with Crippen LogP contribution in [0.1, 0.15) is 15.9 Å². The van der Waals surface area contributed by atoms with Crippen LogP contribution in [0.25, 0.3) is 16.5 Å². The van der Waals surface area contributed by atoms with Crippen molar-refractivity contribution in [2.75, 3.05) is 14.2 Å². The number of hydrogen-bond donors (Lipinski definition) is 0. The summed E-state index contributed by atoms with van der Waals surface area (Å²) in [5.74, 6) is -0.0348. The largest absolute Gasteiger partial charge is 0.497 e. The summed E-state index contributed by atoms with van der Waals surface area (Å²) in [7, 11) is 2.95. The van der Waals surface area contributed by atoms with E-state index in [1.165, 1.54) is 24.9 Å². The number of ether oxygens (including phenoxy) is 3.